The van der Waals surface area contributed by atoms with Crippen LogP contribution in [0.25, 0.3) is 0 Å². The molecule has 1 heterocycles. The summed E-state index contributed by atoms with van der Waals surface area (Å²) in [4.78, 5) is 1.61. The molecule has 1 aromatic heterocycles. The Kier molecular flexibility index (Phi) is 6.31. The van der Waals surface area contributed by atoms with Gasteiger partial charge in [0.05, 0.1) is 8.68 Å². The van der Waals surface area contributed by atoms with E-state index in [-0.39, 0.29) is 0 Å². The molecule has 0 bridgehead atoms. The number of thioether (sulfide) groups is 1. The van der Waals surface area contributed by atoms with Crippen LogP contribution in [-0.2, 0) is 15.8 Å². The molecule has 0 unspecified atom stereocenters. The van der Waals surface area contributed by atoms with Crippen LogP contribution in [0.1, 0.15) is 10.4 Å². The number of rotatable bonds is 7. The van der Waals surface area contributed by atoms with Gasteiger partial charge in [-0.2, -0.15) is 11.8 Å². The van der Waals surface area contributed by atoms with Gasteiger partial charge in [-0.05, 0) is 47.1 Å². The lowest BCUT2D eigenvalue weighted by Crippen LogP contribution is -2.26. The van der Waals surface area contributed by atoms with Gasteiger partial charge in [0.1, 0.15) is 0 Å². The Morgan fingerprint density at radius 1 is 1.19 bits per heavy atom. The van der Waals surface area contributed by atoms with Crippen molar-refractivity contribution in [2.45, 2.75) is 17.6 Å². The smallest absolute Gasteiger partial charge is 0.210 e. The second-order valence-electron chi connectivity index (χ2n) is 4.47. The average molecular weight is 406 g/mol. The van der Waals surface area contributed by atoms with Crippen LogP contribution in [0.15, 0.2) is 45.1 Å². The summed E-state index contributed by atoms with van der Waals surface area (Å²) in [5, 5.41) is 0. The van der Waals surface area contributed by atoms with Gasteiger partial charge in [-0.1, -0.05) is 17.7 Å². The molecule has 2 rings (SSSR count). The Morgan fingerprint density at radius 2 is 1.90 bits per heavy atom. The summed E-state index contributed by atoms with van der Waals surface area (Å²) in [5.74, 6) is 1.66. The summed E-state index contributed by atoms with van der Waals surface area (Å²) < 4.78 is 27.9. The molecule has 0 fully saturated rings. The Balaban J connectivity index is 1.76. The van der Waals surface area contributed by atoms with E-state index >= 15 is 0 Å². The largest absolute Gasteiger partial charge is 0.240 e. The highest BCUT2D eigenvalue weighted by Crippen LogP contribution is 2.25. The number of sulfonamides is 1. The molecule has 0 aliphatic heterocycles. The van der Waals surface area contributed by atoms with Gasteiger partial charge >= 0.3 is 0 Å². The second-order valence-corrected chi connectivity index (χ2v) is 9.89. The zero-order chi connectivity index (χ0) is 15.3. The fraction of sp³-hybridized carbons (Fsp3) is 0.286. The lowest BCUT2D eigenvalue weighted by molar-refractivity contribution is 0.584. The molecule has 114 valence electrons. The summed E-state index contributed by atoms with van der Waals surface area (Å²) >= 11 is 6.86. The van der Waals surface area contributed by atoms with Crippen molar-refractivity contribution in [2.75, 3.05) is 12.3 Å². The van der Waals surface area contributed by atoms with Crippen LogP contribution in [0.3, 0.4) is 0 Å². The predicted octanol–water partition coefficient (Wildman–Crippen LogP) is 4.03. The third kappa shape index (κ3) is 5.41. The van der Waals surface area contributed by atoms with Crippen molar-refractivity contribution >= 4 is 49.1 Å². The number of aryl methyl sites for hydroxylation is 1. The highest BCUT2D eigenvalue weighted by molar-refractivity contribution is 9.11. The lowest BCUT2D eigenvalue weighted by Gasteiger charge is -2.06. The molecule has 0 saturated heterocycles. The molecule has 7 heteroatoms. The van der Waals surface area contributed by atoms with Gasteiger partial charge in [0, 0.05) is 22.9 Å². The minimum absolute atomic E-state index is 0.320. The number of hydrogen-bond donors (Lipinski definition) is 1. The van der Waals surface area contributed by atoms with E-state index in [1.165, 1.54) is 4.88 Å². The minimum atomic E-state index is -3.39. The van der Waals surface area contributed by atoms with E-state index in [2.05, 4.69) is 26.7 Å². The Morgan fingerprint density at radius 3 is 2.52 bits per heavy atom. The van der Waals surface area contributed by atoms with E-state index in [4.69, 9.17) is 0 Å². The molecular formula is C14H16BrNO2S3. The maximum Gasteiger partial charge on any atom is 0.240 e. The molecule has 0 amide bonds. The molecule has 0 spiro atoms. The zero-order valence-electron chi connectivity index (χ0n) is 11.5. The van der Waals surface area contributed by atoms with Crippen molar-refractivity contribution < 1.29 is 8.42 Å². The molecule has 0 aliphatic carbocycles. The van der Waals surface area contributed by atoms with Crippen LogP contribution in [0.2, 0.25) is 0 Å². The first-order valence-electron chi connectivity index (χ1n) is 6.36. The minimum Gasteiger partial charge on any atom is -0.210 e. The molecule has 0 atom stereocenters. The lowest BCUT2D eigenvalue weighted by atomic mass is 10.2. The van der Waals surface area contributed by atoms with Crippen LogP contribution in [0, 0.1) is 6.92 Å². The number of hydrogen-bond acceptors (Lipinski definition) is 4. The highest BCUT2D eigenvalue weighted by Gasteiger charge is 2.12. The number of thiophene rings is 1. The Labute approximate surface area is 142 Å². The Bertz CT molecular complexity index is 680. The van der Waals surface area contributed by atoms with Crippen LogP contribution in [0.4, 0.5) is 0 Å². The van der Waals surface area contributed by atoms with Crippen LogP contribution >= 0.6 is 39.0 Å². The van der Waals surface area contributed by atoms with E-state index in [9.17, 15) is 8.42 Å². The fourth-order valence-corrected chi connectivity index (χ4v) is 5.26. The van der Waals surface area contributed by atoms with Gasteiger partial charge in [-0.15, -0.1) is 11.3 Å². The molecule has 3 nitrogen and oxygen atoms in total. The summed E-state index contributed by atoms with van der Waals surface area (Å²) in [7, 11) is -3.39. The number of nitrogens with one attached hydrogen (secondary N) is 1. The van der Waals surface area contributed by atoms with Gasteiger partial charge in [-0.25, -0.2) is 13.1 Å². The summed E-state index contributed by atoms with van der Waals surface area (Å²) in [5.41, 5.74) is 1.05. The third-order valence-corrected chi connectivity index (χ3v) is 7.03. The van der Waals surface area contributed by atoms with Crippen molar-refractivity contribution in [1.82, 2.24) is 4.72 Å². The van der Waals surface area contributed by atoms with Crippen molar-refractivity contribution in [3.63, 3.8) is 0 Å². The number of halogens is 1. The van der Waals surface area contributed by atoms with Gasteiger partial charge < -0.3 is 0 Å². The first kappa shape index (κ1) is 17.0. The SMILES string of the molecule is Cc1ccc(S(=O)(=O)NCCSCc2ccc(Br)s2)cc1. The monoisotopic (exact) mass is 405 g/mol. The van der Waals surface area contributed by atoms with E-state index < -0.39 is 10.0 Å². The topological polar surface area (TPSA) is 46.2 Å². The van der Waals surface area contributed by atoms with Gasteiger partial charge in [0.25, 0.3) is 0 Å². The van der Waals surface area contributed by atoms with Crippen LogP contribution in [0.5, 0.6) is 0 Å². The maximum absolute atomic E-state index is 12.1. The third-order valence-electron chi connectivity index (χ3n) is 2.74. The molecule has 0 radical (unpaired) electrons. The molecule has 0 aliphatic rings. The Hall–Kier alpha value is -0.340. The maximum atomic E-state index is 12.1. The standard InChI is InChI=1S/C14H16BrNO2S3/c1-11-2-5-13(6-3-11)21(17,18)16-8-9-19-10-12-4-7-14(15)20-12/h2-7,16H,8-10H2,1H3. The summed E-state index contributed by atoms with van der Waals surface area (Å²) in [6, 6.07) is 11.0. The van der Waals surface area contributed by atoms with Gasteiger partial charge in [0.15, 0.2) is 0 Å². The zero-order valence-corrected chi connectivity index (χ0v) is 15.5. The van der Waals surface area contributed by atoms with Gasteiger partial charge in [-0.3, -0.25) is 0 Å². The molecular weight excluding hydrogens is 390 g/mol. The first-order chi connectivity index (χ1) is 9.97. The first-order valence-corrected chi connectivity index (χ1v) is 10.6. The molecule has 21 heavy (non-hydrogen) atoms. The van der Waals surface area contributed by atoms with E-state index in [0.29, 0.717) is 11.4 Å². The second kappa shape index (κ2) is 7.78. The molecule has 0 saturated carbocycles. The van der Waals surface area contributed by atoms with E-state index in [1.54, 1.807) is 47.4 Å². The van der Waals surface area contributed by atoms with Gasteiger partial charge in [0.2, 0.25) is 10.0 Å². The van der Waals surface area contributed by atoms with E-state index in [0.717, 1.165) is 20.9 Å². The summed E-state index contributed by atoms with van der Waals surface area (Å²) in [6.45, 7) is 2.37. The number of benzene rings is 1. The molecule has 2 aromatic rings. The normalized spacial score (nSPS) is 11.7. The summed E-state index contributed by atoms with van der Waals surface area (Å²) in [6.07, 6.45) is 0. The fourth-order valence-electron chi connectivity index (χ4n) is 1.65. The van der Waals surface area contributed by atoms with Crippen LogP contribution < -0.4 is 4.72 Å². The molecule has 1 aromatic carbocycles. The quantitative estimate of drug-likeness (QED) is 0.707. The highest BCUT2D eigenvalue weighted by atomic mass is 79.9. The van der Waals surface area contributed by atoms with Crippen molar-refractivity contribution in [3.8, 4) is 0 Å². The van der Waals surface area contributed by atoms with Crippen LogP contribution in [-0.4, -0.2) is 20.7 Å². The van der Waals surface area contributed by atoms with Crippen molar-refractivity contribution in [1.29, 1.82) is 0 Å². The molecule has 1 N–H and O–H groups in total. The van der Waals surface area contributed by atoms with Crippen molar-refractivity contribution in [2.24, 2.45) is 0 Å². The van der Waals surface area contributed by atoms with E-state index in [1.807, 2.05) is 13.0 Å². The predicted molar refractivity (Wildman–Crippen MR) is 94.5 cm³/mol. The van der Waals surface area contributed by atoms with Crippen molar-refractivity contribution in [3.05, 3.63) is 50.6 Å². The average Bonchev–Trinajstić information content (AvgIpc) is 2.84.